The van der Waals surface area contributed by atoms with Crippen molar-refractivity contribution in [3.63, 3.8) is 0 Å². The summed E-state index contributed by atoms with van der Waals surface area (Å²) in [6.07, 6.45) is 0. The minimum absolute atomic E-state index is 0.111. The summed E-state index contributed by atoms with van der Waals surface area (Å²) >= 11 is 12.0. The molecule has 0 fully saturated rings. The molecular weight excluding hydrogens is 380 g/mol. The molecule has 1 heterocycles. The molecule has 0 aliphatic rings. The largest absolute Gasteiger partial charge is 0.494 e. The molecule has 7 heteroatoms. The Morgan fingerprint density at radius 1 is 1.15 bits per heavy atom. The van der Waals surface area contributed by atoms with Crippen LogP contribution in [0, 0.1) is 5.82 Å². The number of methoxy groups -OCH3 is 1. The molecule has 0 atom stereocenters. The molecular formula is C19H16Cl2FNO3. The number of ether oxygens (including phenoxy) is 2. The Balaban J connectivity index is 2.15. The maximum absolute atomic E-state index is 14.2. The Morgan fingerprint density at radius 3 is 2.58 bits per heavy atom. The van der Waals surface area contributed by atoms with Gasteiger partial charge < -0.3 is 14.0 Å². The van der Waals surface area contributed by atoms with Crippen molar-refractivity contribution in [2.45, 2.75) is 13.5 Å². The molecule has 0 spiro atoms. The first-order valence-electron chi connectivity index (χ1n) is 7.92. The van der Waals surface area contributed by atoms with E-state index in [0.717, 1.165) is 5.56 Å². The van der Waals surface area contributed by atoms with E-state index in [9.17, 15) is 9.18 Å². The number of hydrogen-bond donors (Lipinski definition) is 0. The van der Waals surface area contributed by atoms with Gasteiger partial charge in [0.15, 0.2) is 11.6 Å². The van der Waals surface area contributed by atoms with Gasteiger partial charge in [0.2, 0.25) is 0 Å². The lowest BCUT2D eigenvalue weighted by Gasteiger charge is -2.11. The normalized spacial score (nSPS) is 11.0. The lowest BCUT2D eigenvalue weighted by molar-refractivity contribution is 0.0515. The van der Waals surface area contributed by atoms with Crippen LogP contribution in [0.3, 0.4) is 0 Å². The van der Waals surface area contributed by atoms with Crippen molar-refractivity contribution in [1.82, 2.24) is 4.57 Å². The van der Waals surface area contributed by atoms with E-state index in [2.05, 4.69) is 0 Å². The van der Waals surface area contributed by atoms with Crippen molar-refractivity contribution in [2.24, 2.45) is 0 Å². The first-order valence-corrected chi connectivity index (χ1v) is 8.68. The van der Waals surface area contributed by atoms with Crippen LogP contribution in [-0.4, -0.2) is 24.3 Å². The smallest absolute Gasteiger partial charge is 0.354 e. The highest BCUT2D eigenvalue weighted by Crippen LogP contribution is 2.30. The Morgan fingerprint density at radius 2 is 1.92 bits per heavy atom. The predicted octanol–water partition coefficient (Wildman–Crippen LogP) is 5.32. The Kier molecular flexibility index (Phi) is 5.39. The summed E-state index contributed by atoms with van der Waals surface area (Å²) in [5.41, 5.74) is 1.69. The highest BCUT2D eigenvalue weighted by atomic mass is 35.5. The molecule has 0 aliphatic heterocycles. The monoisotopic (exact) mass is 395 g/mol. The fourth-order valence-electron chi connectivity index (χ4n) is 2.78. The van der Waals surface area contributed by atoms with Gasteiger partial charge in [-0.15, -0.1) is 0 Å². The molecule has 136 valence electrons. The number of hydrogen-bond acceptors (Lipinski definition) is 3. The number of nitrogens with zero attached hydrogens (tertiary/aromatic N) is 1. The number of carbonyl (C=O) groups excluding carboxylic acids is 1. The van der Waals surface area contributed by atoms with Crippen molar-refractivity contribution in [2.75, 3.05) is 13.7 Å². The van der Waals surface area contributed by atoms with Gasteiger partial charge in [0.05, 0.1) is 29.3 Å². The molecule has 2 aromatic carbocycles. The van der Waals surface area contributed by atoms with E-state index in [-0.39, 0.29) is 12.4 Å². The number of carbonyl (C=O) groups is 1. The van der Waals surface area contributed by atoms with Crippen LogP contribution in [0.5, 0.6) is 5.75 Å². The Labute approximate surface area is 160 Å². The summed E-state index contributed by atoms with van der Waals surface area (Å²) in [4.78, 5) is 12.4. The summed E-state index contributed by atoms with van der Waals surface area (Å²) in [6.45, 7) is 2.28. The highest BCUT2D eigenvalue weighted by molar-refractivity contribution is 6.42. The van der Waals surface area contributed by atoms with E-state index in [1.54, 1.807) is 41.8 Å². The summed E-state index contributed by atoms with van der Waals surface area (Å²) in [7, 11) is 1.39. The van der Waals surface area contributed by atoms with Gasteiger partial charge in [-0.3, -0.25) is 0 Å². The summed E-state index contributed by atoms with van der Waals surface area (Å²) < 4.78 is 26.1. The van der Waals surface area contributed by atoms with Crippen LogP contribution in [-0.2, 0) is 11.3 Å². The number of benzene rings is 2. The predicted molar refractivity (Wildman–Crippen MR) is 100.0 cm³/mol. The molecule has 26 heavy (non-hydrogen) atoms. The fraction of sp³-hybridized carbons (Fsp3) is 0.211. The lowest BCUT2D eigenvalue weighted by atomic mass is 10.2. The first kappa shape index (κ1) is 18.5. The van der Waals surface area contributed by atoms with Crippen molar-refractivity contribution >= 4 is 40.1 Å². The number of fused-ring (bicyclic) bond motifs is 1. The second-order valence-corrected chi connectivity index (χ2v) is 6.44. The zero-order valence-electron chi connectivity index (χ0n) is 14.2. The standard InChI is InChI=1S/C19H16Cl2FNO3/c1-3-26-19(24)17-7-12-8-18(25-2)15(22)9-16(12)23(17)10-11-4-5-13(20)14(21)6-11/h4-9H,3,10H2,1-2H3. The van der Waals surface area contributed by atoms with E-state index in [1.807, 2.05) is 0 Å². The quantitative estimate of drug-likeness (QED) is 0.548. The maximum atomic E-state index is 14.2. The van der Waals surface area contributed by atoms with Crippen LogP contribution in [0.1, 0.15) is 23.0 Å². The van der Waals surface area contributed by atoms with Gasteiger partial charge in [-0.2, -0.15) is 0 Å². The average Bonchev–Trinajstić information content (AvgIpc) is 2.95. The molecule has 0 radical (unpaired) electrons. The third kappa shape index (κ3) is 3.50. The van der Waals surface area contributed by atoms with Crippen molar-refractivity contribution in [1.29, 1.82) is 0 Å². The third-order valence-electron chi connectivity index (χ3n) is 3.98. The maximum Gasteiger partial charge on any atom is 0.354 e. The number of aromatic nitrogens is 1. The Hall–Kier alpha value is -2.24. The van der Waals surface area contributed by atoms with Gasteiger partial charge in [0.25, 0.3) is 0 Å². The van der Waals surface area contributed by atoms with Crippen LogP contribution in [0.4, 0.5) is 4.39 Å². The first-order chi connectivity index (χ1) is 12.4. The van der Waals surface area contributed by atoms with Crippen molar-refractivity contribution in [3.8, 4) is 5.75 Å². The molecule has 3 aromatic rings. The SMILES string of the molecule is CCOC(=O)c1cc2cc(OC)c(F)cc2n1Cc1ccc(Cl)c(Cl)c1. The molecule has 0 amide bonds. The summed E-state index contributed by atoms with van der Waals surface area (Å²) in [5.74, 6) is -0.883. The van der Waals surface area contributed by atoms with Crippen LogP contribution >= 0.6 is 23.2 Å². The van der Waals surface area contributed by atoms with Gasteiger partial charge in [-0.25, -0.2) is 9.18 Å². The number of rotatable bonds is 5. The minimum atomic E-state index is -0.510. The van der Waals surface area contributed by atoms with E-state index in [0.29, 0.717) is 33.2 Å². The molecule has 0 unspecified atom stereocenters. The zero-order valence-corrected chi connectivity index (χ0v) is 15.7. The second kappa shape index (κ2) is 7.56. The number of halogens is 3. The molecule has 0 N–H and O–H groups in total. The lowest BCUT2D eigenvalue weighted by Crippen LogP contribution is -2.13. The average molecular weight is 396 g/mol. The molecule has 1 aromatic heterocycles. The van der Waals surface area contributed by atoms with Crippen LogP contribution in [0.2, 0.25) is 10.0 Å². The molecule has 0 aliphatic carbocycles. The second-order valence-electron chi connectivity index (χ2n) is 5.63. The van der Waals surface area contributed by atoms with Gasteiger partial charge in [-0.1, -0.05) is 29.3 Å². The fourth-order valence-corrected chi connectivity index (χ4v) is 3.11. The highest BCUT2D eigenvalue weighted by Gasteiger charge is 2.19. The summed E-state index contributed by atoms with van der Waals surface area (Å²) in [5, 5.41) is 1.52. The van der Waals surface area contributed by atoms with Gasteiger partial charge >= 0.3 is 5.97 Å². The molecule has 0 bridgehead atoms. The minimum Gasteiger partial charge on any atom is -0.494 e. The van der Waals surface area contributed by atoms with Crippen LogP contribution < -0.4 is 4.74 Å². The van der Waals surface area contributed by atoms with Gasteiger partial charge in [0, 0.05) is 18.0 Å². The van der Waals surface area contributed by atoms with Gasteiger partial charge in [0.1, 0.15) is 5.69 Å². The third-order valence-corrected chi connectivity index (χ3v) is 4.72. The molecule has 3 rings (SSSR count). The van der Waals surface area contributed by atoms with Crippen molar-refractivity contribution < 1.29 is 18.7 Å². The topological polar surface area (TPSA) is 40.5 Å². The van der Waals surface area contributed by atoms with E-state index < -0.39 is 11.8 Å². The van der Waals surface area contributed by atoms with E-state index in [4.69, 9.17) is 32.7 Å². The van der Waals surface area contributed by atoms with Crippen LogP contribution in [0.15, 0.2) is 36.4 Å². The van der Waals surface area contributed by atoms with Gasteiger partial charge in [-0.05, 0) is 36.8 Å². The zero-order chi connectivity index (χ0) is 18.8. The van der Waals surface area contributed by atoms with Crippen molar-refractivity contribution in [3.05, 3.63) is 63.5 Å². The molecule has 0 saturated heterocycles. The molecule has 4 nitrogen and oxygen atoms in total. The summed E-state index contributed by atoms with van der Waals surface area (Å²) in [6, 6.07) is 9.75. The van der Waals surface area contributed by atoms with E-state index >= 15 is 0 Å². The van der Waals surface area contributed by atoms with Crippen LogP contribution in [0.25, 0.3) is 10.9 Å². The van der Waals surface area contributed by atoms with E-state index in [1.165, 1.54) is 13.2 Å². The Bertz CT molecular complexity index is 985. The number of esters is 1. The molecule has 0 saturated carbocycles.